The fraction of sp³-hybridized carbons (Fsp3) is 0.273. The van der Waals surface area contributed by atoms with Gasteiger partial charge in [-0.1, -0.05) is 12.1 Å². The summed E-state index contributed by atoms with van der Waals surface area (Å²) in [7, 11) is 3.21. The van der Waals surface area contributed by atoms with E-state index in [1.165, 1.54) is 0 Å². The number of benzene rings is 1. The number of aromatic amines is 2. The number of hydrogen-bond donors (Lipinski definition) is 3. The standard InChI is InChI=1S/C22H21N3O4S/c1-28-15-6-5-11(10-16(15)29-2)12-8-13-18(14(26)9-12)19(17-4-3-7-30-17)20-21(23-13)24-25-22(20)27/h3-7,10,12,19H,8-9H2,1-2H3,(H3,23,24,25,27). The molecule has 1 aromatic carbocycles. The zero-order valence-corrected chi connectivity index (χ0v) is 17.4. The number of allylic oxidation sites excluding steroid dienone is 2. The molecule has 0 radical (unpaired) electrons. The molecule has 0 saturated heterocycles. The number of carbonyl (C=O) groups is 1. The van der Waals surface area contributed by atoms with E-state index in [2.05, 4.69) is 15.5 Å². The first-order valence-electron chi connectivity index (χ1n) is 9.69. The fourth-order valence-corrected chi connectivity index (χ4v) is 5.35. The quantitative estimate of drug-likeness (QED) is 0.594. The lowest BCUT2D eigenvalue weighted by molar-refractivity contribution is -0.116. The highest BCUT2D eigenvalue weighted by Gasteiger charge is 2.40. The van der Waals surface area contributed by atoms with Crippen LogP contribution in [0.25, 0.3) is 0 Å². The molecule has 2 unspecified atom stereocenters. The number of aromatic nitrogens is 2. The molecule has 1 aliphatic heterocycles. The number of ether oxygens (including phenoxy) is 2. The van der Waals surface area contributed by atoms with E-state index < -0.39 is 0 Å². The lowest BCUT2D eigenvalue weighted by Crippen LogP contribution is -2.31. The van der Waals surface area contributed by atoms with Gasteiger partial charge >= 0.3 is 0 Å². The van der Waals surface area contributed by atoms with Crippen LogP contribution in [0.1, 0.15) is 40.7 Å². The van der Waals surface area contributed by atoms with Crippen molar-refractivity contribution in [2.75, 3.05) is 19.5 Å². The van der Waals surface area contributed by atoms with Crippen LogP contribution in [0.15, 0.2) is 51.8 Å². The topological polar surface area (TPSA) is 96.2 Å². The Morgan fingerprint density at radius 2 is 1.87 bits per heavy atom. The molecule has 2 aliphatic rings. The van der Waals surface area contributed by atoms with Crippen molar-refractivity contribution in [1.82, 2.24) is 10.2 Å². The van der Waals surface area contributed by atoms with E-state index >= 15 is 0 Å². The van der Waals surface area contributed by atoms with Crippen molar-refractivity contribution < 1.29 is 14.3 Å². The van der Waals surface area contributed by atoms with Crippen LogP contribution in [0.3, 0.4) is 0 Å². The summed E-state index contributed by atoms with van der Waals surface area (Å²) >= 11 is 1.56. The van der Waals surface area contributed by atoms with Crippen molar-refractivity contribution in [3.05, 3.63) is 73.3 Å². The van der Waals surface area contributed by atoms with Gasteiger partial charge in [-0.2, -0.15) is 0 Å². The number of methoxy groups -OCH3 is 2. The Morgan fingerprint density at radius 1 is 1.03 bits per heavy atom. The maximum Gasteiger partial charge on any atom is 0.270 e. The molecular weight excluding hydrogens is 402 g/mol. The molecule has 154 valence electrons. The molecule has 1 aliphatic carbocycles. The third-order valence-electron chi connectivity index (χ3n) is 5.88. The summed E-state index contributed by atoms with van der Waals surface area (Å²) in [4.78, 5) is 26.8. The summed E-state index contributed by atoms with van der Waals surface area (Å²) in [6, 6.07) is 9.71. The second-order valence-corrected chi connectivity index (χ2v) is 8.46. The van der Waals surface area contributed by atoms with E-state index in [0.717, 1.165) is 16.1 Å². The molecular formula is C22H21N3O4S. The van der Waals surface area contributed by atoms with Crippen molar-refractivity contribution in [1.29, 1.82) is 0 Å². The van der Waals surface area contributed by atoms with E-state index in [1.54, 1.807) is 25.6 Å². The van der Waals surface area contributed by atoms with E-state index in [0.29, 0.717) is 41.3 Å². The first kappa shape index (κ1) is 18.7. The SMILES string of the molecule is COc1ccc(C2CC(=O)C3=C(C2)Nc2[nH][nH]c(=O)c2C3c2cccs2)cc1OC. The van der Waals surface area contributed by atoms with Gasteiger partial charge in [0.15, 0.2) is 17.3 Å². The predicted octanol–water partition coefficient (Wildman–Crippen LogP) is 3.74. The van der Waals surface area contributed by atoms with Crippen LogP contribution in [0.5, 0.6) is 11.5 Å². The van der Waals surface area contributed by atoms with E-state index in [9.17, 15) is 9.59 Å². The number of hydrogen-bond acceptors (Lipinski definition) is 6. The Morgan fingerprint density at radius 3 is 2.60 bits per heavy atom. The van der Waals surface area contributed by atoms with Crippen molar-refractivity contribution in [3.63, 3.8) is 0 Å². The molecule has 0 fully saturated rings. The number of carbonyl (C=O) groups excluding carboxylic acids is 1. The molecule has 3 N–H and O–H groups in total. The second-order valence-electron chi connectivity index (χ2n) is 7.48. The monoisotopic (exact) mass is 423 g/mol. The zero-order chi connectivity index (χ0) is 20.8. The van der Waals surface area contributed by atoms with Crippen LogP contribution in [-0.4, -0.2) is 30.2 Å². The third kappa shape index (κ3) is 2.87. The highest BCUT2D eigenvalue weighted by Crippen LogP contribution is 2.47. The third-order valence-corrected chi connectivity index (χ3v) is 6.82. The van der Waals surface area contributed by atoms with Gasteiger partial charge in [0.2, 0.25) is 0 Å². The van der Waals surface area contributed by atoms with Gasteiger partial charge < -0.3 is 14.8 Å². The first-order valence-corrected chi connectivity index (χ1v) is 10.6. The number of Topliss-reactive ketones (excluding diaryl/α,β-unsaturated/α-hetero) is 1. The van der Waals surface area contributed by atoms with Crippen LogP contribution >= 0.6 is 11.3 Å². The molecule has 3 heterocycles. The average Bonchev–Trinajstić information content (AvgIpc) is 3.42. The van der Waals surface area contributed by atoms with Gasteiger partial charge in [0.05, 0.1) is 25.7 Å². The minimum atomic E-state index is -0.342. The van der Waals surface area contributed by atoms with Gasteiger partial charge in [-0.15, -0.1) is 11.3 Å². The molecule has 0 spiro atoms. The average molecular weight is 423 g/mol. The molecule has 2 atom stereocenters. The van der Waals surface area contributed by atoms with Crippen LogP contribution in [-0.2, 0) is 4.79 Å². The minimum absolute atomic E-state index is 0.0137. The molecule has 8 heteroatoms. The number of anilines is 1. The molecule has 7 nitrogen and oxygen atoms in total. The van der Waals surface area contributed by atoms with Gasteiger partial charge in [0.1, 0.15) is 5.82 Å². The Bertz CT molecular complexity index is 1210. The smallest absolute Gasteiger partial charge is 0.270 e. The first-order chi connectivity index (χ1) is 14.6. The maximum absolute atomic E-state index is 13.4. The summed E-state index contributed by atoms with van der Waals surface area (Å²) in [6.45, 7) is 0. The van der Waals surface area contributed by atoms with Gasteiger partial charge in [-0.05, 0) is 41.5 Å². The van der Waals surface area contributed by atoms with Crippen molar-refractivity contribution in [2.45, 2.75) is 24.7 Å². The largest absolute Gasteiger partial charge is 0.493 e. The zero-order valence-electron chi connectivity index (χ0n) is 16.6. The molecule has 5 rings (SSSR count). The Hall–Kier alpha value is -3.26. The molecule has 2 aromatic heterocycles. The molecule has 3 aromatic rings. The summed E-state index contributed by atoms with van der Waals surface area (Å²) < 4.78 is 10.8. The number of nitrogens with one attached hydrogen (secondary N) is 3. The second kappa shape index (κ2) is 7.21. The van der Waals surface area contributed by atoms with Crippen molar-refractivity contribution in [2.24, 2.45) is 0 Å². The normalized spacial score (nSPS) is 20.4. The summed E-state index contributed by atoms with van der Waals surface area (Å²) in [5.74, 6) is 1.68. The fourth-order valence-electron chi connectivity index (χ4n) is 4.50. The summed E-state index contributed by atoms with van der Waals surface area (Å²) in [5.41, 5.74) is 2.97. The Kier molecular flexibility index (Phi) is 4.51. The van der Waals surface area contributed by atoms with Gasteiger partial charge in [0.25, 0.3) is 5.56 Å². The lowest BCUT2D eigenvalue weighted by Gasteiger charge is -2.34. The molecule has 0 bridgehead atoms. The Labute approximate surface area is 176 Å². The van der Waals surface area contributed by atoms with Crippen LogP contribution < -0.4 is 20.3 Å². The molecule has 30 heavy (non-hydrogen) atoms. The summed E-state index contributed by atoms with van der Waals surface area (Å²) in [5, 5.41) is 10.9. The molecule has 0 saturated carbocycles. The predicted molar refractivity (Wildman–Crippen MR) is 115 cm³/mol. The van der Waals surface area contributed by atoms with Gasteiger partial charge in [-0.3, -0.25) is 19.8 Å². The van der Waals surface area contributed by atoms with E-state index in [1.807, 2.05) is 35.7 Å². The van der Waals surface area contributed by atoms with Gasteiger partial charge in [0, 0.05) is 22.6 Å². The number of fused-ring (bicyclic) bond motifs is 1. The number of thiophene rings is 1. The Balaban J connectivity index is 1.57. The van der Waals surface area contributed by atoms with Crippen molar-refractivity contribution >= 4 is 22.9 Å². The van der Waals surface area contributed by atoms with E-state index in [-0.39, 0.29) is 23.2 Å². The number of ketones is 1. The van der Waals surface area contributed by atoms with Crippen LogP contribution in [0, 0.1) is 0 Å². The van der Waals surface area contributed by atoms with Crippen molar-refractivity contribution in [3.8, 4) is 11.5 Å². The number of rotatable bonds is 4. The van der Waals surface area contributed by atoms with Gasteiger partial charge in [-0.25, -0.2) is 0 Å². The number of H-pyrrole nitrogens is 2. The lowest BCUT2D eigenvalue weighted by atomic mass is 9.74. The molecule has 0 amide bonds. The van der Waals surface area contributed by atoms with Crippen LogP contribution in [0.4, 0.5) is 5.82 Å². The van der Waals surface area contributed by atoms with E-state index in [4.69, 9.17) is 9.47 Å². The minimum Gasteiger partial charge on any atom is -0.493 e. The highest BCUT2D eigenvalue weighted by atomic mass is 32.1. The van der Waals surface area contributed by atoms with Crippen LogP contribution in [0.2, 0.25) is 0 Å². The highest BCUT2D eigenvalue weighted by molar-refractivity contribution is 7.10. The maximum atomic E-state index is 13.4. The summed E-state index contributed by atoms with van der Waals surface area (Å²) in [6.07, 6.45) is 1.06.